The molecule has 4 nitrogen and oxygen atoms in total. The van der Waals surface area contributed by atoms with Crippen LogP contribution in [0.5, 0.6) is 0 Å². The molecule has 4 heteroatoms. The Morgan fingerprint density at radius 2 is 2.07 bits per heavy atom. The van der Waals surface area contributed by atoms with Gasteiger partial charge in [-0.15, -0.1) is 0 Å². The number of hydrogen-bond acceptors (Lipinski definition) is 3. The summed E-state index contributed by atoms with van der Waals surface area (Å²) in [6.07, 6.45) is 3.65. The van der Waals surface area contributed by atoms with Gasteiger partial charge in [0.05, 0.1) is 19.3 Å². The van der Waals surface area contributed by atoms with E-state index in [0.717, 1.165) is 13.1 Å². The molecule has 15 heavy (non-hydrogen) atoms. The Hall–Kier alpha value is -0.610. The average molecular weight is 213 g/mol. The smallest absolute Gasteiger partial charge is 0.313 e. The molecule has 0 radical (unpaired) electrons. The molecule has 2 aliphatic heterocycles. The van der Waals surface area contributed by atoms with Crippen molar-refractivity contribution in [1.82, 2.24) is 4.90 Å². The van der Waals surface area contributed by atoms with Gasteiger partial charge in [-0.05, 0) is 32.9 Å². The fourth-order valence-electron chi connectivity index (χ4n) is 2.61. The first kappa shape index (κ1) is 10.9. The summed E-state index contributed by atoms with van der Waals surface area (Å²) in [5.41, 5.74) is -0.711. The van der Waals surface area contributed by atoms with Crippen molar-refractivity contribution in [2.45, 2.75) is 32.2 Å². The Morgan fingerprint density at radius 1 is 1.40 bits per heavy atom. The SMILES string of the molecule is CC1(C(=O)O)COCC1N1CCCCC1. The van der Waals surface area contributed by atoms with Crippen LogP contribution >= 0.6 is 0 Å². The van der Waals surface area contributed by atoms with E-state index in [1.54, 1.807) is 0 Å². The minimum absolute atomic E-state index is 0.0651. The van der Waals surface area contributed by atoms with Crippen LogP contribution < -0.4 is 0 Å². The molecule has 0 spiro atoms. The Bertz CT molecular complexity index is 250. The molecule has 2 unspecified atom stereocenters. The number of carboxylic acid groups (broad SMARTS) is 1. The topological polar surface area (TPSA) is 49.8 Å². The summed E-state index contributed by atoms with van der Waals surface area (Å²) in [7, 11) is 0. The first-order valence-electron chi connectivity index (χ1n) is 5.70. The molecule has 0 aliphatic carbocycles. The van der Waals surface area contributed by atoms with E-state index in [2.05, 4.69) is 4.90 Å². The molecule has 2 rings (SSSR count). The second-order valence-corrected chi connectivity index (χ2v) is 4.85. The number of hydrogen-bond donors (Lipinski definition) is 1. The first-order valence-corrected chi connectivity index (χ1v) is 5.70. The van der Waals surface area contributed by atoms with Crippen molar-refractivity contribution in [2.75, 3.05) is 26.3 Å². The van der Waals surface area contributed by atoms with Gasteiger partial charge in [-0.1, -0.05) is 6.42 Å². The van der Waals surface area contributed by atoms with E-state index in [0.29, 0.717) is 13.2 Å². The van der Waals surface area contributed by atoms with Gasteiger partial charge in [-0.3, -0.25) is 9.69 Å². The molecular formula is C11H19NO3. The van der Waals surface area contributed by atoms with E-state index < -0.39 is 11.4 Å². The summed E-state index contributed by atoms with van der Waals surface area (Å²) in [4.78, 5) is 13.6. The third kappa shape index (κ3) is 1.88. The van der Waals surface area contributed by atoms with Gasteiger partial charge in [0.2, 0.25) is 0 Å². The van der Waals surface area contributed by atoms with Crippen LogP contribution in [0.4, 0.5) is 0 Å². The second-order valence-electron chi connectivity index (χ2n) is 4.85. The summed E-state index contributed by atoms with van der Waals surface area (Å²) >= 11 is 0. The Labute approximate surface area is 90.2 Å². The fourth-order valence-corrected chi connectivity index (χ4v) is 2.61. The van der Waals surface area contributed by atoms with E-state index in [1.807, 2.05) is 6.92 Å². The minimum Gasteiger partial charge on any atom is -0.481 e. The fraction of sp³-hybridized carbons (Fsp3) is 0.909. The first-order chi connectivity index (χ1) is 7.14. The van der Waals surface area contributed by atoms with Crippen LogP contribution in [0, 0.1) is 5.41 Å². The number of carbonyl (C=O) groups is 1. The van der Waals surface area contributed by atoms with Crippen molar-refractivity contribution in [3.8, 4) is 0 Å². The number of carboxylic acids is 1. The van der Waals surface area contributed by atoms with E-state index >= 15 is 0 Å². The van der Waals surface area contributed by atoms with Gasteiger partial charge in [0.15, 0.2) is 0 Å². The standard InChI is InChI=1S/C11H19NO3/c1-11(10(13)14)8-15-7-9(11)12-5-3-2-4-6-12/h9H,2-8H2,1H3,(H,13,14). The van der Waals surface area contributed by atoms with Crippen LogP contribution in [0.15, 0.2) is 0 Å². The largest absolute Gasteiger partial charge is 0.481 e. The zero-order chi connectivity index (χ0) is 10.9. The molecule has 2 fully saturated rings. The predicted molar refractivity (Wildman–Crippen MR) is 55.8 cm³/mol. The molecule has 1 N–H and O–H groups in total. The lowest BCUT2D eigenvalue weighted by molar-refractivity contribution is -0.150. The average Bonchev–Trinajstić information content (AvgIpc) is 2.63. The molecule has 0 aromatic heterocycles. The van der Waals surface area contributed by atoms with Gasteiger partial charge in [-0.2, -0.15) is 0 Å². The van der Waals surface area contributed by atoms with Crippen LogP contribution in [0.25, 0.3) is 0 Å². The highest BCUT2D eigenvalue weighted by atomic mass is 16.5. The molecule has 2 saturated heterocycles. The van der Waals surface area contributed by atoms with Crippen LogP contribution in [0.3, 0.4) is 0 Å². The van der Waals surface area contributed by atoms with E-state index in [-0.39, 0.29) is 6.04 Å². The van der Waals surface area contributed by atoms with Crippen molar-refractivity contribution in [2.24, 2.45) is 5.41 Å². The third-order valence-corrected chi connectivity index (χ3v) is 3.73. The minimum atomic E-state index is -0.726. The van der Waals surface area contributed by atoms with Crippen LogP contribution in [-0.4, -0.2) is 48.3 Å². The van der Waals surface area contributed by atoms with Crippen molar-refractivity contribution in [3.05, 3.63) is 0 Å². The lowest BCUT2D eigenvalue weighted by Crippen LogP contribution is -2.51. The number of ether oxygens (including phenoxy) is 1. The van der Waals surface area contributed by atoms with Crippen LogP contribution in [0.2, 0.25) is 0 Å². The lowest BCUT2D eigenvalue weighted by atomic mass is 9.83. The van der Waals surface area contributed by atoms with Gasteiger partial charge in [0, 0.05) is 0 Å². The molecule has 0 bridgehead atoms. The summed E-state index contributed by atoms with van der Waals surface area (Å²) in [6, 6.07) is 0.0651. The summed E-state index contributed by atoms with van der Waals surface area (Å²) in [6.45, 7) is 4.78. The molecule has 0 aromatic carbocycles. The van der Waals surface area contributed by atoms with Gasteiger partial charge >= 0.3 is 5.97 Å². The number of nitrogens with zero attached hydrogens (tertiary/aromatic N) is 1. The van der Waals surface area contributed by atoms with Crippen molar-refractivity contribution in [1.29, 1.82) is 0 Å². The quantitative estimate of drug-likeness (QED) is 0.742. The molecular weight excluding hydrogens is 194 g/mol. The van der Waals surface area contributed by atoms with Gasteiger partial charge in [0.1, 0.15) is 5.41 Å². The third-order valence-electron chi connectivity index (χ3n) is 3.73. The number of piperidine rings is 1. The molecule has 2 heterocycles. The highest BCUT2D eigenvalue weighted by Gasteiger charge is 2.49. The second kappa shape index (κ2) is 4.10. The maximum atomic E-state index is 11.3. The van der Waals surface area contributed by atoms with Gasteiger partial charge in [0.25, 0.3) is 0 Å². The number of rotatable bonds is 2. The Kier molecular flexibility index (Phi) is 2.98. The van der Waals surface area contributed by atoms with Crippen molar-refractivity contribution >= 4 is 5.97 Å². The van der Waals surface area contributed by atoms with E-state index in [9.17, 15) is 9.90 Å². The molecule has 0 amide bonds. The highest BCUT2D eigenvalue weighted by molar-refractivity contribution is 5.75. The zero-order valence-electron chi connectivity index (χ0n) is 9.24. The van der Waals surface area contributed by atoms with E-state index in [1.165, 1.54) is 19.3 Å². The van der Waals surface area contributed by atoms with Crippen molar-refractivity contribution in [3.63, 3.8) is 0 Å². The molecule has 0 saturated carbocycles. The highest BCUT2D eigenvalue weighted by Crippen LogP contribution is 2.33. The molecule has 2 aliphatic rings. The zero-order valence-corrected chi connectivity index (χ0v) is 9.24. The molecule has 2 atom stereocenters. The lowest BCUT2D eigenvalue weighted by Gasteiger charge is -2.37. The van der Waals surface area contributed by atoms with E-state index in [4.69, 9.17) is 4.74 Å². The van der Waals surface area contributed by atoms with Crippen molar-refractivity contribution < 1.29 is 14.6 Å². The molecule has 86 valence electrons. The number of likely N-dealkylation sites (tertiary alicyclic amines) is 1. The Balaban J connectivity index is 2.09. The normalized spacial score (nSPS) is 38.1. The maximum Gasteiger partial charge on any atom is 0.313 e. The maximum absolute atomic E-state index is 11.3. The number of aliphatic carboxylic acids is 1. The van der Waals surface area contributed by atoms with Crippen LogP contribution in [-0.2, 0) is 9.53 Å². The summed E-state index contributed by atoms with van der Waals surface area (Å²) < 4.78 is 5.36. The Morgan fingerprint density at radius 3 is 2.67 bits per heavy atom. The predicted octanol–water partition coefficient (Wildman–Crippen LogP) is 0.962. The monoisotopic (exact) mass is 213 g/mol. The van der Waals surface area contributed by atoms with Gasteiger partial charge < -0.3 is 9.84 Å². The van der Waals surface area contributed by atoms with Gasteiger partial charge in [-0.25, -0.2) is 0 Å². The molecule has 0 aromatic rings. The van der Waals surface area contributed by atoms with Crippen LogP contribution in [0.1, 0.15) is 26.2 Å². The summed E-state index contributed by atoms with van der Waals surface area (Å²) in [5, 5.41) is 9.27. The summed E-state index contributed by atoms with van der Waals surface area (Å²) in [5.74, 6) is -0.726.